The number of hydrogen-bond donors (Lipinski definition) is 2. The number of carbonyl (C=O) groups is 1. The summed E-state index contributed by atoms with van der Waals surface area (Å²) in [5.41, 5.74) is 0. The van der Waals surface area contributed by atoms with E-state index in [1.54, 1.807) is 11.3 Å². The molecule has 1 atom stereocenters. The highest BCUT2D eigenvalue weighted by Crippen LogP contribution is 2.16. The van der Waals surface area contributed by atoms with E-state index in [9.17, 15) is 4.79 Å². The smallest absolute Gasteiger partial charge is 0.315 e. The van der Waals surface area contributed by atoms with Crippen molar-refractivity contribution >= 4 is 17.4 Å². The van der Waals surface area contributed by atoms with Crippen molar-refractivity contribution in [2.24, 2.45) is 0 Å². The zero-order valence-electron chi connectivity index (χ0n) is 10.2. The quantitative estimate of drug-likeness (QED) is 0.816. The van der Waals surface area contributed by atoms with E-state index in [0.29, 0.717) is 0 Å². The Morgan fingerprint density at radius 1 is 1.50 bits per heavy atom. The molecule has 0 aliphatic heterocycles. The summed E-state index contributed by atoms with van der Waals surface area (Å²) < 4.78 is 0. The van der Waals surface area contributed by atoms with E-state index in [0.717, 1.165) is 19.4 Å². The molecule has 0 radical (unpaired) electrons. The number of thiophene rings is 1. The van der Waals surface area contributed by atoms with Crippen molar-refractivity contribution in [1.82, 2.24) is 10.6 Å². The van der Waals surface area contributed by atoms with Gasteiger partial charge in [0.1, 0.15) is 0 Å². The number of amides is 2. The van der Waals surface area contributed by atoms with Crippen LogP contribution in [0.3, 0.4) is 0 Å². The van der Waals surface area contributed by atoms with E-state index >= 15 is 0 Å². The van der Waals surface area contributed by atoms with E-state index in [1.807, 2.05) is 13.8 Å². The number of nitrogens with one attached hydrogen (secondary N) is 2. The normalized spacial score (nSPS) is 12.2. The van der Waals surface area contributed by atoms with Crippen LogP contribution in [0.5, 0.6) is 0 Å². The molecule has 16 heavy (non-hydrogen) atoms. The Hall–Kier alpha value is -1.03. The van der Waals surface area contributed by atoms with Crippen molar-refractivity contribution in [3.05, 3.63) is 21.9 Å². The molecular weight excluding hydrogens is 220 g/mol. The van der Waals surface area contributed by atoms with Crippen LogP contribution in [0.4, 0.5) is 4.79 Å². The van der Waals surface area contributed by atoms with Gasteiger partial charge in [-0.2, -0.15) is 0 Å². The van der Waals surface area contributed by atoms with Gasteiger partial charge in [0.05, 0.1) is 0 Å². The zero-order valence-corrected chi connectivity index (χ0v) is 11.0. The molecule has 1 aromatic heterocycles. The summed E-state index contributed by atoms with van der Waals surface area (Å²) in [4.78, 5) is 14.0. The highest BCUT2D eigenvalue weighted by Gasteiger charge is 2.08. The van der Waals surface area contributed by atoms with Crippen molar-refractivity contribution in [1.29, 1.82) is 0 Å². The molecule has 1 aromatic rings. The summed E-state index contributed by atoms with van der Waals surface area (Å²) in [5, 5.41) is 5.74. The Morgan fingerprint density at radius 2 is 2.25 bits per heavy atom. The molecule has 1 heterocycles. The van der Waals surface area contributed by atoms with Crippen LogP contribution >= 0.6 is 11.3 Å². The minimum atomic E-state index is -0.0670. The second-order valence-corrected chi connectivity index (χ2v) is 5.39. The first-order chi connectivity index (χ1) is 7.61. The van der Waals surface area contributed by atoms with Gasteiger partial charge < -0.3 is 10.6 Å². The SMILES string of the molecule is CCCNC(=O)NC(C)Cc1ccc(C)s1. The molecule has 0 aliphatic carbocycles. The molecule has 1 rings (SSSR count). The maximum atomic E-state index is 11.4. The summed E-state index contributed by atoms with van der Waals surface area (Å²) in [7, 11) is 0. The lowest BCUT2D eigenvalue weighted by atomic mass is 10.2. The fourth-order valence-electron chi connectivity index (χ4n) is 1.46. The summed E-state index contributed by atoms with van der Waals surface area (Å²) >= 11 is 1.79. The first-order valence-corrected chi connectivity index (χ1v) is 6.53. The summed E-state index contributed by atoms with van der Waals surface area (Å²) in [6.07, 6.45) is 1.87. The molecule has 2 N–H and O–H groups in total. The Morgan fingerprint density at radius 3 is 2.81 bits per heavy atom. The summed E-state index contributed by atoms with van der Waals surface area (Å²) in [6, 6.07) is 4.35. The van der Waals surface area contributed by atoms with E-state index in [4.69, 9.17) is 0 Å². The fourth-order valence-corrected chi connectivity index (χ4v) is 2.48. The van der Waals surface area contributed by atoms with Crippen LogP contribution in [-0.2, 0) is 6.42 Å². The molecule has 0 saturated heterocycles. The number of aryl methyl sites for hydroxylation is 1. The Labute approximate surface area is 101 Å². The molecule has 90 valence electrons. The third kappa shape index (κ3) is 4.66. The summed E-state index contributed by atoms with van der Waals surface area (Å²) in [5.74, 6) is 0. The second-order valence-electron chi connectivity index (χ2n) is 4.02. The Kier molecular flexibility index (Phi) is 5.32. The largest absolute Gasteiger partial charge is 0.338 e. The number of hydrogen-bond acceptors (Lipinski definition) is 2. The van der Waals surface area contributed by atoms with Gasteiger partial charge in [-0.25, -0.2) is 4.79 Å². The monoisotopic (exact) mass is 240 g/mol. The minimum absolute atomic E-state index is 0.0670. The van der Waals surface area contributed by atoms with E-state index in [2.05, 4.69) is 29.7 Å². The van der Waals surface area contributed by atoms with Gasteiger partial charge in [-0.05, 0) is 32.4 Å². The molecule has 0 aliphatic rings. The van der Waals surface area contributed by atoms with Crippen molar-refractivity contribution in [3.8, 4) is 0 Å². The number of rotatable bonds is 5. The lowest BCUT2D eigenvalue weighted by Crippen LogP contribution is -2.41. The van der Waals surface area contributed by atoms with Crippen molar-refractivity contribution in [3.63, 3.8) is 0 Å². The average Bonchev–Trinajstić information content (AvgIpc) is 2.60. The third-order valence-corrected chi connectivity index (χ3v) is 3.24. The molecule has 1 unspecified atom stereocenters. The van der Waals surface area contributed by atoms with Crippen molar-refractivity contribution in [2.45, 2.75) is 39.7 Å². The maximum absolute atomic E-state index is 11.4. The van der Waals surface area contributed by atoms with Crippen LogP contribution in [0.15, 0.2) is 12.1 Å². The molecule has 3 nitrogen and oxygen atoms in total. The predicted molar refractivity (Wildman–Crippen MR) is 69.0 cm³/mol. The van der Waals surface area contributed by atoms with Gasteiger partial charge in [0.25, 0.3) is 0 Å². The lowest BCUT2D eigenvalue weighted by molar-refractivity contribution is 0.238. The zero-order chi connectivity index (χ0) is 12.0. The Balaban J connectivity index is 2.30. The molecule has 0 bridgehead atoms. The van der Waals surface area contributed by atoms with Crippen LogP contribution in [0.1, 0.15) is 30.0 Å². The number of urea groups is 1. The van der Waals surface area contributed by atoms with Crippen LogP contribution in [0, 0.1) is 6.92 Å². The minimum Gasteiger partial charge on any atom is -0.338 e. The topological polar surface area (TPSA) is 41.1 Å². The predicted octanol–water partition coefficient (Wildman–Crippen LogP) is 2.70. The molecule has 2 amide bonds. The van der Waals surface area contributed by atoms with E-state index < -0.39 is 0 Å². The maximum Gasteiger partial charge on any atom is 0.315 e. The molecular formula is C12H20N2OS. The number of carbonyl (C=O) groups excluding carboxylic acids is 1. The molecule has 0 saturated carbocycles. The average molecular weight is 240 g/mol. The van der Waals surface area contributed by atoms with Crippen LogP contribution in [0.25, 0.3) is 0 Å². The van der Waals surface area contributed by atoms with Crippen molar-refractivity contribution < 1.29 is 4.79 Å². The summed E-state index contributed by atoms with van der Waals surface area (Å²) in [6.45, 7) is 6.90. The standard InChI is InChI=1S/C12H20N2OS/c1-4-7-13-12(15)14-9(2)8-11-6-5-10(3)16-11/h5-6,9H,4,7-8H2,1-3H3,(H2,13,14,15). The van der Waals surface area contributed by atoms with Gasteiger partial charge in [0.15, 0.2) is 0 Å². The molecule has 0 spiro atoms. The van der Waals surface area contributed by atoms with Gasteiger partial charge >= 0.3 is 6.03 Å². The van der Waals surface area contributed by atoms with Crippen LogP contribution < -0.4 is 10.6 Å². The van der Waals surface area contributed by atoms with Gasteiger partial charge in [0.2, 0.25) is 0 Å². The Bertz CT molecular complexity index is 336. The van der Waals surface area contributed by atoms with Gasteiger partial charge in [-0.15, -0.1) is 11.3 Å². The van der Waals surface area contributed by atoms with Gasteiger partial charge in [0, 0.05) is 28.8 Å². The van der Waals surface area contributed by atoms with Gasteiger partial charge in [-0.3, -0.25) is 0 Å². The third-order valence-electron chi connectivity index (χ3n) is 2.22. The molecule has 0 fully saturated rings. The molecule has 0 aromatic carbocycles. The first kappa shape index (κ1) is 13.0. The van der Waals surface area contributed by atoms with Gasteiger partial charge in [-0.1, -0.05) is 6.92 Å². The second kappa shape index (κ2) is 6.53. The molecule has 4 heteroatoms. The lowest BCUT2D eigenvalue weighted by Gasteiger charge is -2.13. The highest BCUT2D eigenvalue weighted by atomic mass is 32.1. The van der Waals surface area contributed by atoms with Crippen molar-refractivity contribution in [2.75, 3.05) is 6.54 Å². The first-order valence-electron chi connectivity index (χ1n) is 5.71. The van der Waals surface area contributed by atoms with E-state index in [1.165, 1.54) is 9.75 Å². The fraction of sp³-hybridized carbons (Fsp3) is 0.583. The van der Waals surface area contributed by atoms with Crippen LogP contribution in [-0.4, -0.2) is 18.6 Å². The highest BCUT2D eigenvalue weighted by molar-refractivity contribution is 7.11. The van der Waals surface area contributed by atoms with E-state index in [-0.39, 0.29) is 12.1 Å². The van der Waals surface area contributed by atoms with Crippen LogP contribution in [0.2, 0.25) is 0 Å².